The number of rotatable bonds is 39. The topological polar surface area (TPSA) is 149 Å². The van der Waals surface area contributed by atoms with Crippen LogP contribution in [-0.4, -0.2) is 172 Å². The van der Waals surface area contributed by atoms with Crippen molar-refractivity contribution in [1.82, 2.24) is 0 Å². The first-order valence-corrected chi connectivity index (χ1v) is 19.0. The summed E-state index contributed by atoms with van der Waals surface area (Å²) in [6, 6.07) is 11.1. The Morgan fingerprint density at radius 1 is 0.474 bits per heavy atom. The van der Waals surface area contributed by atoms with Gasteiger partial charge in [-0.05, 0) is 30.3 Å². The highest BCUT2D eigenvalue weighted by Crippen LogP contribution is 2.32. The SMILES string of the molecule is COCCOCCOCCOCCOCCOCCOCCOCCOCCOCCOCCOCCOC(=O)c1ccccc1Nc1cccc(C(F)(F)F)c1. The van der Waals surface area contributed by atoms with E-state index in [9.17, 15) is 18.0 Å². The lowest BCUT2D eigenvalue weighted by molar-refractivity contribution is -0.137. The summed E-state index contributed by atoms with van der Waals surface area (Å²) in [6.45, 7) is 10.4. The molecule has 0 bridgehead atoms. The number of benzene rings is 2. The molecule has 0 unspecified atom stereocenters. The van der Waals surface area contributed by atoms with E-state index < -0.39 is 17.7 Å². The molecule has 0 aliphatic carbocycles. The molecule has 0 amide bonds. The van der Waals surface area contributed by atoms with Crippen LogP contribution in [0, 0.1) is 0 Å². The molecule has 0 saturated heterocycles. The number of nitrogens with one attached hydrogen (secondary N) is 1. The van der Waals surface area contributed by atoms with Gasteiger partial charge in [0.2, 0.25) is 0 Å². The van der Waals surface area contributed by atoms with Gasteiger partial charge in [0, 0.05) is 12.8 Å². The van der Waals surface area contributed by atoms with Crippen LogP contribution < -0.4 is 5.32 Å². The van der Waals surface area contributed by atoms with Crippen LogP contribution in [0.2, 0.25) is 0 Å². The first-order chi connectivity index (χ1) is 27.9. The van der Waals surface area contributed by atoms with E-state index in [4.69, 9.17) is 61.6 Å². The van der Waals surface area contributed by atoms with Crippen molar-refractivity contribution in [3.8, 4) is 0 Å². The number of hydrogen-bond donors (Lipinski definition) is 1. The maximum Gasteiger partial charge on any atom is 0.416 e. The van der Waals surface area contributed by atoms with E-state index >= 15 is 0 Å². The van der Waals surface area contributed by atoms with Crippen molar-refractivity contribution in [3.05, 3.63) is 59.7 Å². The van der Waals surface area contributed by atoms with Crippen molar-refractivity contribution in [3.63, 3.8) is 0 Å². The minimum atomic E-state index is -4.48. The second-order valence-electron chi connectivity index (χ2n) is 11.6. The molecule has 2 aromatic carbocycles. The molecule has 326 valence electrons. The molecule has 0 aliphatic rings. The molecule has 15 nitrogen and oxygen atoms in total. The van der Waals surface area contributed by atoms with Crippen molar-refractivity contribution < 1.29 is 79.5 Å². The normalized spacial score (nSPS) is 11.6. The highest BCUT2D eigenvalue weighted by atomic mass is 19.4. The fourth-order valence-corrected chi connectivity index (χ4v) is 4.41. The molecule has 0 radical (unpaired) electrons. The fraction of sp³-hybridized carbons (Fsp3) is 0.667. The van der Waals surface area contributed by atoms with E-state index in [1.54, 1.807) is 25.3 Å². The second kappa shape index (κ2) is 35.0. The summed E-state index contributed by atoms with van der Waals surface area (Å²) < 4.78 is 109. The molecule has 57 heavy (non-hydrogen) atoms. The smallest absolute Gasteiger partial charge is 0.416 e. The van der Waals surface area contributed by atoms with Gasteiger partial charge in [0.15, 0.2) is 0 Å². The zero-order chi connectivity index (χ0) is 40.9. The maximum absolute atomic E-state index is 13.1. The number of alkyl halides is 3. The van der Waals surface area contributed by atoms with E-state index in [1.165, 1.54) is 18.2 Å². The Morgan fingerprint density at radius 2 is 0.825 bits per heavy atom. The summed E-state index contributed by atoms with van der Waals surface area (Å²) in [6.07, 6.45) is -4.48. The van der Waals surface area contributed by atoms with Crippen LogP contribution in [0.25, 0.3) is 0 Å². The predicted octanol–water partition coefficient (Wildman–Crippen LogP) is 4.43. The minimum absolute atomic E-state index is 0.00416. The lowest BCUT2D eigenvalue weighted by atomic mass is 10.1. The van der Waals surface area contributed by atoms with Gasteiger partial charge in [-0.3, -0.25) is 0 Å². The highest BCUT2D eigenvalue weighted by Gasteiger charge is 2.30. The quantitative estimate of drug-likeness (QED) is 0.0748. The van der Waals surface area contributed by atoms with Gasteiger partial charge >= 0.3 is 12.1 Å². The monoisotopic (exact) mass is 823 g/mol. The van der Waals surface area contributed by atoms with Gasteiger partial charge in [0.25, 0.3) is 0 Å². The lowest BCUT2D eigenvalue weighted by Crippen LogP contribution is -2.16. The number of halogens is 3. The van der Waals surface area contributed by atoms with Crippen molar-refractivity contribution >= 4 is 17.3 Å². The van der Waals surface area contributed by atoms with Crippen molar-refractivity contribution in [2.75, 3.05) is 171 Å². The van der Waals surface area contributed by atoms with E-state index in [0.717, 1.165) is 12.1 Å². The highest BCUT2D eigenvalue weighted by molar-refractivity contribution is 5.96. The first kappa shape index (κ1) is 50.2. The van der Waals surface area contributed by atoms with Crippen LogP contribution in [0.15, 0.2) is 48.5 Å². The molecule has 18 heteroatoms. The average molecular weight is 824 g/mol. The molecule has 0 spiro atoms. The van der Waals surface area contributed by atoms with E-state index in [1.807, 2.05) is 0 Å². The number of carbonyl (C=O) groups excluding carboxylic acids is 1. The summed E-state index contributed by atoms with van der Waals surface area (Å²) in [5.74, 6) is -0.630. The Balaban J connectivity index is 1.26. The minimum Gasteiger partial charge on any atom is -0.460 e. The second-order valence-corrected chi connectivity index (χ2v) is 11.6. The van der Waals surface area contributed by atoms with E-state index in [2.05, 4.69) is 5.32 Å². The standard InChI is InChI=1S/C39H60F3NO14/c1-45-9-10-46-11-12-47-13-14-48-15-16-49-17-18-50-19-20-51-21-22-52-23-24-53-25-26-54-27-28-55-29-30-56-31-32-57-38(44)36-7-2-3-8-37(36)43-35-6-4-5-34(33-35)39(40,41)42/h2-8,33,43H,9-32H2,1H3. The van der Waals surface area contributed by atoms with Gasteiger partial charge in [-0.15, -0.1) is 0 Å². The number of ether oxygens (including phenoxy) is 13. The largest absolute Gasteiger partial charge is 0.460 e. The molecule has 0 aliphatic heterocycles. The van der Waals surface area contributed by atoms with Gasteiger partial charge in [-0.2, -0.15) is 13.2 Å². The number of hydrogen-bond acceptors (Lipinski definition) is 15. The summed E-state index contributed by atoms with van der Waals surface area (Å²) in [5, 5.41) is 2.86. The molecular formula is C39H60F3NO14. The van der Waals surface area contributed by atoms with Crippen molar-refractivity contribution in [2.45, 2.75) is 6.18 Å². The molecular weight excluding hydrogens is 763 g/mol. The van der Waals surface area contributed by atoms with Gasteiger partial charge in [0.1, 0.15) is 6.61 Å². The van der Waals surface area contributed by atoms with Gasteiger partial charge in [-0.25, -0.2) is 4.79 Å². The number of carbonyl (C=O) groups is 1. The van der Waals surface area contributed by atoms with Crippen LogP contribution in [0.4, 0.5) is 24.5 Å². The molecule has 0 heterocycles. The predicted molar refractivity (Wildman–Crippen MR) is 202 cm³/mol. The fourth-order valence-electron chi connectivity index (χ4n) is 4.41. The third-order valence-corrected chi connectivity index (χ3v) is 7.23. The Bertz CT molecular complexity index is 1250. The van der Waals surface area contributed by atoms with Crippen LogP contribution in [0.5, 0.6) is 0 Å². The van der Waals surface area contributed by atoms with E-state index in [-0.39, 0.29) is 24.5 Å². The zero-order valence-electron chi connectivity index (χ0n) is 32.9. The maximum atomic E-state index is 13.1. The third kappa shape index (κ3) is 28.1. The number of anilines is 2. The van der Waals surface area contributed by atoms with Crippen LogP contribution in [0.1, 0.15) is 15.9 Å². The molecule has 2 aromatic rings. The number of esters is 1. The van der Waals surface area contributed by atoms with Gasteiger partial charge < -0.3 is 66.9 Å². The zero-order valence-corrected chi connectivity index (χ0v) is 32.9. The van der Waals surface area contributed by atoms with E-state index in [0.29, 0.717) is 151 Å². The third-order valence-electron chi connectivity index (χ3n) is 7.23. The lowest BCUT2D eigenvalue weighted by Gasteiger charge is -2.13. The van der Waals surface area contributed by atoms with Crippen LogP contribution >= 0.6 is 0 Å². The Morgan fingerprint density at radius 3 is 1.19 bits per heavy atom. The average Bonchev–Trinajstić information content (AvgIpc) is 3.20. The molecule has 0 fully saturated rings. The number of methoxy groups -OCH3 is 1. The summed E-state index contributed by atoms with van der Waals surface area (Å²) in [4.78, 5) is 12.6. The summed E-state index contributed by atoms with van der Waals surface area (Å²) in [5.41, 5.74) is -0.0968. The van der Waals surface area contributed by atoms with Crippen LogP contribution in [-0.2, 0) is 67.8 Å². The molecule has 0 saturated carbocycles. The Hall–Kier alpha value is -2.98. The Kier molecular flexibility index (Phi) is 30.8. The molecule has 0 aromatic heterocycles. The van der Waals surface area contributed by atoms with Gasteiger partial charge in [0.05, 0.1) is 169 Å². The molecule has 0 atom stereocenters. The Labute approximate surface area is 333 Å². The summed E-state index contributed by atoms with van der Waals surface area (Å²) in [7, 11) is 1.64. The molecule has 1 N–H and O–H groups in total. The summed E-state index contributed by atoms with van der Waals surface area (Å²) >= 11 is 0. The number of para-hydroxylation sites is 1. The van der Waals surface area contributed by atoms with Crippen LogP contribution in [0.3, 0.4) is 0 Å². The van der Waals surface area contributed by atoms with Gasteiger partial charge in [-0.1, -0.05) is 18.2 Å². The van der Waals surface area contributed by atoms with Crippen molar-refractivity contribution in [2.24, 2.45) is 0 Å². The van der Waals surface area contributed by atoms with Crippen molar-refractivity contribution in [1.29, 1.82) is 0 Å². The molecule has 2 rings (SSSR count). The first-order valence-electron chi connectivity index (χ1n) is 19.0.